The van der Waals surface area contributed by atoms with Crippen LogP contribution in [0.4, 0.5) is 0 Å². The van der Waals surface area contributed by atoms with Crippen molar-refractivity contribution in [2.24, 2.45) is 0 Å². The zero-order chi connectivity index (χ0) is 13.5. The molecule has 2 aromatic carbocycles. The molecule has 0 radical (unpaired) electrons. The maximum atomic E-state index is 3.48. The van der Waals surface area contributed by atoms with E-state index in [1.807, 2.05) is 0 Å². The zero-order valence-corrected chi connectivity index (χ0v) is 11.4. The summed E-state index contributed by atoms with van der Waals surface area (Å²) in [6, 6.07) is 17.0. The van der Waals surface area contributed by atoms with Crippen LogP contribution in [0.1, 0.15) is 16.8 Å². The van der Waals surface area contributed by atoms with Crippen LogP contribution >= 0.6 is 0 Å². The number of hydrogen-bond donors (Lipinski definition) is 2. The van der Waals surface area contributed by atoms with Crippen LogP contribution in [0.15, 0.2) is 54.7 Å². The Morgan fingerprint density at radius 3 is 2.40 bits per heavy atom. The van der Waals surface area contributed by atoms with E-state index < -0.39 is 0 Å². The molecule has 20 heavy (non-hydrogen) atoms. The van der Waals surface area contributed by atoms with Gasteiger partial charge in [-0.25, -0.2) is 0 Å². The number of aromatic nitrogens is 2. The second-order valence-corrected chi connectivity index (χ2v) is 5.31. The Morgan fingerprint density at radius 2 is 1.55 bits per heavy atom. The summed E-state index contributed by atoms with van der Waals surface area (Å²) >= 11 is 0. The summed E-state index contributed by atoms with van der Waals surface area (Å²) in [5.74, 6) is 0. The Balaban J connectivity index is 1.87. The lowest BCUT2D eigenvalue weighted by Crippen LogP contribution is -1.88. The number of aromatic amines is 2. The topological polar surface area (TPSA) is 31.6 Å². The molecule has 0 saturated carbocycles. The smallest absolute Gasteiger partial charge is 0.0458 e. The van der Waals surface area contributed by atoms with Gasteiger partial charge in [-0.15, -0.1) is 0 Å². The molecule has 0 atom stereocenters. The van der Waals surface area contributed by atoms with E-state index in [4.69, 9.17) is 0 Å². The summed E-state index contributed by atoms with van der Waals surface area (Å²) in [4.78, 5) is 6.84. The van der Waals surface area contributed by atoms with Crippen LogP contribution in [0.25, 0.3) is 21.8 Å². The number of rotatable bonds is 2. The van der Waals surface area contributed by atoms with Crippen LogP contribution in [0.2, 0.25) is 0 Å². The minimum atomic E-state index is 0.958. The minimum absolute atomic E-state index is 0.958. The van der Waals surface area contributed by atoms with Crippen LogP contribution in [0.3, 0.4) is 0 Å². The Bertz CT molecular complexity index is 896. The highest BCUT2D eigenvalue weighted by molar-refractivity contribution is 5.87. The number of aryl methyl sites for hydroxylation is 1. The highest BCUT2D eigenvalue weighted by Crippen LogP contribution is 2.27. The normalized spacial score (nSPS) is 11.4. The van der Waals surface area contributed by atoms with Crippen molar-refractivity contribution in [3.05, 3.63) is 71.5 Å². The molecular weight excluding hydrogens is 244 g/mol. The molecule has 0 unspecified atom stereocenters. The van der Waals surface area contributed by atoms with Gasteiger partial charge < -0.3 is 9.97 Å². The number of H-pyrrole nitrogens is 2. The van der Waals surface area contributed by atoms with E-state index in [1.54, 1.807) is 0 Å². The van der Waals surface area contributed by atoms with Crippen molar-refractivity contribution in [3.63, 3.8) is 0 Å². The van der Waals surface area contributed by atoms with E-state index in [2.05, 4.69) is 71.6 Å². The second-order valence-electron chi connectivity index (χ2n) is 5.31. The van der Waals surface area contributed by atoms with Crippen molar-refractivity contribution in [2.75, 3.05) is 0 Å². The molecular formula is C18H16N2. The first-order chi connectivity index (χ1) is 9.83. The fourth-order valence-corrected chi connectivity index (χ4v) is 3.03. The molecule has 2 heterocycles. The number of para-hydroxylation sites is 2. The van der Waals surface area contributed by atoms with Gasteiger partial charge in [0.15, 0.2) is 0 Å². The average molecular weight is 260 g/mol. The highest BCUT2D eigenvalue weighted by Gasteiger charge is 2.11. The van der Waals surface area contributed by atoms with E-state index in [1.165, 1.54) is 38.6 Å². The molecule has 4 rings (SSSR count). The average Bonchev–Trinajstić information content (AvgIpc) is 3.02. The van der Waals surface area contributed by atoms with Gasteiger partial charge in [-0.3, -0.25) is 0 Å². The molecule has 0 aliphatic heterocycles. The first kappa shape index (κ1) is 11.4. The molecule has 2 N–H and O–H groups in total. The molecule has 0 amide bonds. The minimum Gasteiger partial charge on any atom is -0.361 e. The van der Waals surface area contributed by atoms with Crippen LogP contribution in [-0.4, -0.2) is 9.97 Å². The number of benzene rings is 2. The summed E-state index contributed by atoms with van der Waals surface area (Å²) in [5.41, 5.74) is 6.44. The van der Waals surface area contributed by atoms with Crippen molar-refractivity contribution in [3.8, 4) is 0 Å². The van der Waals surface area contributed by atoms with Gasteiger partial charge in [0.1, 0.15) is 0 Å². The van der Waals surface area contributed by atoms with E-state index in [0.29, 0.717) is 0 Å². The van der Waals surface area contributed by atoms with Crippen molar-refractivity contribution >= 4 is 21.8 Å². The van der Waals surface area contributed by atoms with Gasteiger partial charge in [-0.05, 0) is 30.2 Å². The number of nitrogens with one attached hydrogen (secondary N) is 2. The van der Waals surface area contributed by atoms with Crippen molar-refractivity contribution in [1.29, 1.82) is 0 Å². The Hall–Kier alpha value is -2.48. The molecule has 0 aliphatic rings. The first-order valence-corrected chi connectivity index (χ1v) is 6.94. The molecule has 0 saturated heterocycles. The second kappa shape index (κ2) is 4.27. The summed E-state index contributed by atoms with van der Waals surface area (Å²) in [6.07, 6.45) is 3.09. The third kappa shape index (κ3) is 1.65. The van der Waals surface area contributed by atoms with Gasteiger partial charge in [0, 0.05) is 40.1 Å². The summed E-state index contributed by atoms with van der Waals surface area (Å²) in [6.45, 7) is 2.16. The van der Waals surface area contributed by atoms with Gasteiger partial charge in [-0.2, -0.15) is 0 Å². The Kier molecular flexibility index (Phi) is 2.43. The molecule has 0 bridgehead atoms. The largest absolute Gasteiger partial charge is 0.361 e. The lowest BCUT2D eigenvalue weighted by atomic mass is 10.0. The Morgan fingerprint density at radius 1 is 0.850 bits per heavy atom. The highest BCUT2D eigenvalue weighted by atomic mass is 14.7. The quantitative estimate of drug-likeness (QED) is 0.530. The van der Waals surface area contributed by atoms with E-state index >= 15 is 0 Å². The standard InChI is InChI=1S/C18H16N2/c1-12-16(15-7-3-5-9-18(15)20-12)10-13-11-19-17-8-4-2-6-14(13)17/h2-9,11,19-20H,10H2,1H3. The van der Waals surface area contributed by atoms with Crippen LogP contribution < -0.4 is 0 Å². The van der Waals surface area contributed by atoms with Crippen molar-refractivity contribution in [1.82, 2.24) is 9.97 Å². The van der Waals surface area contributed by atoms with Gasteiger partial charge in [0.05, 0.1) is 0 Å². The third-order valence-electron chi connectivity index (χ3n) is 4.07. The molecule has 4 aromatic rings. The maximum absolute atomic E-state index is 3.48. The molecule has 0 spiro atoms. The maximum Gasteiger partial charge on any atom is 0.0458 e. The van der Waals surface area contributed by atoms with Crippen molar-refractivity contribution in [2.45, 2.75) is 13.3 Å². The van der Waals surface area contributed by atoms with Crippen molar-refractivity contribution < 1.29 is 0 Å². The number of hydrogen-bond acceptors (Lipinski definition) is 0. The molecule has 0 aliphatic carbocycles. The molecule has 2 aromatic heterocycles. The monoisotopic (exact) mass is 260 g/mol. The summed E-state index contributed by atoms with van der Waals surface area (Å²) < 4.78 is 0. The summed E-state index contributed by atoms with van der Waals surface area (Å²) in [7, 11) is 0. The number of fused-ring (bicyclic) bond motifs is 2. The van der Waals surface area contributed by atoms with Gasteiger partial charge in [0.25, 0.3) is 0 Å². The SMILES string of the molecule is Cc1[nH]c2ccccc2c1Cc1c[nH]c2ccccc12. The van der Waals surface area contributed by atoms with Crippen LogP contribution in [0.5, 0.6) is 0 Å². The van der Waals surface area contributed by atoms with Crippen LogP contribution in [-0.2, 0) is 6.42 Å². The third-order valence-corrected chi connectivity index (χ3v) is 4.07. The zero-order valence-electron chi connectivity index (χ0n) is 11.4. The first-order valence-electron chi connectivity index (χ1n) is 6.94. The molecule has 0 fully saturated rings. The van der Waals surface area contributed by atoms with Gasteiger partial charge in [-0.1, -0.05) is 36.4 Å². The predicted octanol–water partition coefficient (Wildman–Crippen LogP) is 4.55. The van der Waals surface area contributed by atoms with Crippen LogP contribution in [0, 0.1) is 6.92 Å². The van der Waals surface area contributed by atoms with E-state index in [0.717, 1.165) is 6.42 Å². The lowest BCUT2D eigenvalue weighted by Gasteiger charge is -2.01. The Labute approximate surface area is 117 Å². The predicted molar refractivity (Wildman–Crippen MR) is 84.1 cm³/mol. The fraction of sp³-hybridized carbons (Fsp3) is 0.111. The molecule has 2 heteroatoms. The molecule has 98 valence electrons. The van der Waals surface area contributed by atoms with E-state index in [-0.39, 0.29) is 0 Å². The molecule has 2 nitrogen and oxygen atoms in total. The van der Waals surface area contributed by atoms with Gasteiger partial charge >= 0.3 is 0 Å². The van der Waals surface area contributed by atoms with E-state index in [9.17, 15) is 0 Å². The summed E-state index contributed by atoms with van der Waals surface area (Å²) in [5, 5.41) is 2.65. The fourth-order valence-electron chi connectivity index (χ4n) is 3.03. The lowest BCUT2D eigenvalue weighted by molar-refractivity contribution is 1.16. The van der Waals surface area contributed by atoms with Gasteiger partial charge in [0.2, 0.25) is 0 Å².